The Hall–Kier alpha value is -1.85. The molecule has 6 nitrogen and oxygen atoms in total. The molecule has 1 rings (SSSR count). The lowest BCUT2D eigenvalue weighted by molar-refractivity contribution is -0.127. The fraction of sp³-hybridized carbons (Fsp3) is 0.545. The number of amides is 2. The van der Waals surface area contributed by atoms with Crippen molar-refractivity contribution in [2.24, 2.45) is 0 Å². The summed E-state index contributed by atoms with van der Waals surface area (Å²) in [6.07, 6.45) is 3.67. The van der Waals surface area contributed by atoms with Gasteiger partial charge < -0.3 is 10.6 Å². The molecular formula is C11H18N4O2. The molecule has 0 aliphatic carbocycles. The zero-order valence-corrected chi connectivity index (χ0v) is 10.4. The zero-order chi connectivity index (χ0) is 12.8. The first-order chi connectivity index (χ1) is 7.99. The van der Waals surface area contributed by atoms with E-state index >= 15 is 0 Å². The summed E-state index contributed by atoms with van der Waals surface area (Å²) in [6.45, 7) is 6.10. The molecule has 0 radical (unpaired) electrons. The first kappa shape index (κ1) is 13.2. The maximum atomic E-state index is 11.5. The van der Waals surface area contributed by atoms with Crippen LogP contribution in [0.1, 0.15) is 19.4 Å². The van der Waals surface area contributed by atoms with E-state index in [0.717, 1.165) is 5.56 Å². The van der Waals surface area contributed by atoms with Crippen molar-refractivity contribution in [3.63, 3.8) is 0 Å². The fourth-order valence-corrected chi connectivity index (χ4v) is 1.41. The molecule has 2 N–H and O–H groups in total. The Morgan fingerprint density at radius 2 is 2.24 bits per heavy atom. The minimum absolute atomic E-state index is 0.191. The van der Waals surface area contributed by atoms with Gasteiger partial charge in [-0.1, -0.05) is 0 Å². The summed E-state index contributed by atoms with van der Waals surface area (Å²) < 4.78 is 1.76. The van der Waals surface area contributed by atoms with Crippen LogP contribution in [0, 0.1) is 6.92 Å². The zero-order valence-electron chi connectivity index (χ0n) is 10.4. The molecule has 0 unspecified atom stereocenters. The summed E-state index contributed by atoms with van der Waals surface area (Å²) in [4.78, 5) is 22.3. The van der Waals surface area contributed by atoms with E-state index in [0.29, 0.717) is 13.1 Å². The van der Waals surface area contributed by atoms with Gasteiger partial charge in [-0.25, -0.2) is 0 Å². The van der Waals surface area contributed by atoms with Gasteiger partial charge in [0, 0.05) is 19.7 Å². The number of carbonyl (C=O) groups excluding carboxylic acids is 2. The highest BCUT2D eigenvalue weighted by Crippen LogP contribution is 1.93. The maximum Gasteiger partial charge on any atom is 0.242 e. The van der Waals surface area contributed by atoms with Crippen LogP contribution < -0.4 is 10.6 Å². The number of hydrogen-bond acceptors (Lipinski definition) is 3. The summed E-state index contributed by atoms with van der Waals surface area (Å²) in [7, 11) is 0. The second-order valence-corrected chi connectivity index (χ2v) is 3.99. The van der Waals surface area contributed by atoms with Crippen molar-refractivity contribution >= 4 is 11.8 Å². The van der Waals surface area contributed by atoms with E-state index in [9.17, 15) is 9.59 Å². The molecule has 17 heavy (non-hydrogen) atoms. The smallest absolute Gasteiger partial charge is 0.242 e. The Bertz CT molecular complexity index is 400. The highest BCUT2D eigenvalue weighted by molar-refractivity contribution is 5.86. The molecule has 94 valence electrons. The lowest BCUT2D eigenvalue weighted by Gasteiger charge is -2.12. The minimum atomic E-state index is -0.508. The van der Waals surface area contributed by atoms with Crippen LogP contribution in [0.2, 0.25) is 0 Å². The minimum Gasteiger partial charge on any atom is -0.352 e. The Morgan fingerprint density at radius 3 is 2.76 bits per heavy atom. The summed E-state index contributed by atoms with van der Waals surface area (Å²) in [5, 5.41) is 9.35. The van der Waals surface area contributed by atoms with E-state index in [4.69, 9.17) is 0 Å². The number of aryl methyl sites for hydroxylation is 1. The normalized spacial score (nSPS) is 11.9. The lowest BCUT2D eigenvalue weighted by Crippen LogP contribution is -2.44. The number of carbonyl (C=O) groups is 2. The molecule has 1 atom stereocenters. The van der Waals surface area contributed by atoms with Crippen LogP contribution >= 0.6 is 0 Å². The van der Waals surface area contributed by atoms with E-state index in [1.54, 1.807) is 17.8 Å². The molecule has 2 amide bonds. The number of nitrogens with one attached hydrogen (secondary N) is 2. The average Bonchev–Trinajstić information content (AvgIpc) is 2.63. The highest BCUT2D eigenvalue weighted by Gasteiger charge is 2.12. The second kappa shape index (κ2) is 6.03. The summed E-state index contributed by atoms with van der Waals surface area (Å²) in [5.41, 5.74) is 1.09. The van der Waals surface area contributed by atoms with E-state index in [-0.39, 0.29) is 11.8 Å². The van der Waals surface area contributed by atoms with Gasteiger partial charge in [0.15, 0.2) is 0 Å². The standard InChI is InChI=1S/C11H18N4O2/c1-8-6-13-15(7-8)5-4-12-11(17)9(2)14-10(3)16/h6-7,9H,4-5H2,1-3H3,(H,12,17)(H,14,16)/t9-/m0/s1. The van der Waals surface area contributed by atoms with Crippen LogP contribution in [0.3, 0.4) is 0 Å². The van der Waals surface area contributed by atoms with Gasteiger partial charge >= 0.3 is 0 Å². The van der Waals surface area contributed by atoms with Gasteiger partial charge in [0.25, 0.3) is 0 Å². The van der Waals surface area contributed by atoms with E-state index in [2.05, 4.69) is 15.7 Å². The molecule has 0 saturated heterocycles. The molecule has 0 aliphatic heterocycles. The van der Waals surface area contributed by atoms with E-state index in [1.807, 2.05) is 13.1 Å². The summed E-state index contributed by atoms with van der Waals surface area (Å²) in [5.74, 6) is -0.403. The molecule has 1 heterocycles. The highest BCUT2D eigenvalue weighted by atomic mass is 16.2. The Labute approximate surface area is 100 Å². The van der Waals surface area contributed by atoms with Crippen molar-refractivity contribution in [2.45, 2.75) is 33.4 Å². The monoisotopic (exact) mass is 238 g/mol. The quantitative estimate of drug-likeness (QED) is 0.748. The van der Waals surface area contributed by atoms with Gasteiger partial charge in [0.05, 0.1) is 12.7 Å². The summed E-state index contributed by atoms with van der Waals surface area (Å²) >= 11 is 0. The third-order valence-electron chi connectivity index (χ3n) is 2.22. The fourth-order valence-electron chi connectivity index (χ4n) is 1.41. The predicted octanol–water partition coefficient (Wildman–Crippen LogP) is -0.168. The van der Waals surface area contributed by atoms with Gasteiger partial charge in [0.2, 0.25) is 11.8 Å². The average molecular weight is 238 g/mol. The van der Waals surface area contributed by atoms with E-state index < -0.39 is 6.04 Å². The van der Waals surface area contributed by atoms with Crippen LogP contribution in [0.15, 0.2) is 12.4 Å². The topological polar surface area (TPSA) is 76.0 Å². The van der Waals surface area contributed by atoms with Crippen LogP contribution in [-0.4, -0.2) is 34.2 Å². The van der Waals surface area contributed by atoms with E-state index in [1.165, 1.54) is 6.92 Å². The van der Waals surface area contributed by atoms with Crippen LogP contribution in [0.5, 0.6) is 0 Å². The maximum absolute atomic E-state index is 11.5. The number of nitrogens with zero attached hydrogens (tertiary/aromatic N) is 2. The molecule has 1 aromatic rings. The third-order valence-corrected chi connectivity index (χ3v) is 2.22. The largest absolute Gasteiger partial charge is 0.352 e. The molecule has 0 bridgehead atoms. The SMILES string of the molecule is CC(=O)N[C@@H](C)C(=O)NCCn1cc(C)cn1. The van der Waals surface area contributed by atoms with Gasteiger partial charge in [-0.15, -0.1) is 0 Å². The Kier molecular flexibility index (Phi) is 4.68. The molecule has 0 saturated carbocycles. The van der Waals surface area contributed by atoms with Crippen molar-refractivity contribution in [3.8, 4) is 0 Å². The number of rotatable bonds is 5. The molecule has 0 aliphatic rings. The third kappa shape index (κ3) is 4.67. The number of hydrogen-bond donors (Lipinski definition) is 2. The van der Waals surface area contributed by atoms with Crippen LogP contribution in [0.4, 0.5) is 0 Å². The molecule has 1 aromatic heterocycles. The first-order valence-corrected chi connectivity index (χ1v) is 5.53. The van der Waals surface area contributed by atoms with Crippen molar-refractivity contribution in [2.75, 3.05) is 6.54 Å². The summed E-state index contributed by atoms with van der Waals surface area (Å²) in [6, 6.07) is -0.508. The Morgan fingerprint density at radius 1 is 1.53 bits per heavy atom. The molecule has 6 heteroatoms. The second-order valence-electron chi connectivity index (χ2n) is 3.99. The Balaban J connectivity index is 2.26. The first-order valence-electron chi connectivity index (χ1n) is 5.53. The van der Waals surface area contributed by atoms with Gasteiger partial charge in [-0.05, 0) is 19.4 Å². The van der Waals surface area contributed by atoms with Gasteiger partial charge in [-0.2, -0.15) is 5.10 Å². The predicted molar refractivity (Wildman–Crippen MR) is 63.3 cm³/mol. The number of aromatic nitrogens is 2. The molecule has 0 fully saturated rings. The molecule has 0 aromatic carbocycles. The van der Waals surface area contributed by atoms with Crippen molar-refractivity contribution in [1.82, 2.24) is 20.4 Å². The van der Waals surface area contributed by atoms with Crippen LogP contribution in [0.25, 0.3) is 0 Å². The van der Waals surface area contributed by atoms with Crippen molar-refractivity contribution < 1.29 is 9.59 Å². The van der Waals surface area contributed by atoms with Crippen molar-refractivity contribution in [3.05, 3.63) is 18.0 Å². The lowest BCUT2D eigenvalue weighted by atomic mass is 10.3. The van der Waals surface area contributed by atoms with Gasteiger partial charge in [0.1, 0.15) is 6.04 Å². The van der Waals surface area contributed by atoms with Crippen LogP contribution in [-0.2, 0) is 16.1 Å². The van der Waals surface area contributed by atoms with Crippen molar-refractivity contribution in [1.29, 1.82) is 0 Å². The van der Waals surface area contributed by atoms with Gasteiger partial charge in [-0.3, -0.25) is 14.3 Å². The molecule has 0 spiro atoms. The molecular weight excluding hydrogens is 220 g/mol.